The van der Waals surface area contributed by atoms with E-state index >= 15 is 0 Å². The molecular formula is C20H22Cl2N2O2. The number of hydrogen-bond donors (Lipinski definition) is 0. The average Bonchev–Trinajstić information content (AvgIpc) is 2.63. The Morgan fingerprint density at radius 1 is 1.04 bits per heavy atom. The van der Waals surface area contributed by atoms with Gasteiger partial charge in [0.2, 0.25) is 0 Å². The van der Waals surface area contributed by atoms with Crippen LogP contribution < -0.4 is 4.74 Å². The molecule has 0 unspecified atom stereocenters. The molecule has 1 saturated heterocycles. The van der Waals surface area contributed by atoms with Crippen molar-refractivity contribution in [1.29, 1.82) is 0 Å². The summed E-state index contributed by atoms with van der Waals surface area (Å²) >= 11 is 11.9. The lowest BCUT2D eigenvalue weighted by Crippen LogP contribution is -2.49. The standard InChI is InChI=1S/C20H22Cl2N2O2/c1-15-2-4-16(5-3-15)13-23-8-10-24(11-9-23)20(25)14-26-19-7-6-17(21)12-18(19)22/h2-7,12H,8-11,13-14H2,1H3. The molecule has 6 heteroatoms. The number of amides is 1. The maximum Gasteiger partial charge on any atom is 0.260 e. The Labute approximate surface area is 164 Å². The molecule has 1 heterocycles. The Kier molecular flexibility index (Phi) is 6.41. The maximum absolute atomic E-state index is 12.4. The number of rotatable bonds is 5. The van der Waals surface area contributed by atoms with Gasteiger partial charge in [-0.25, -0.2) is 0 Å². The van der Waals surface area contributed by atoms with E-state index in [1.165, 1.54) is 11.1 Å². The molecule has 2 aromatic carbocycles. The SMILES string of the molecule is Cc1ccc(CN2CCN(C(=O)COc3ccc(Cl)cc3Cl)CC2)cc1. The van der Waals surface area contributed by atoms with Crippen LogP contribution in [0, 0.1) is 6.92 Å². The molecule has 0 saturated carbocycles. The first kappa shape index (κ1) is 19.0. The fourth-order valence-corrected chi connectivity index (χ4v) is 3.39. The van der Waals surface area contributed by atoms with Gasteiger partial charge in [-0.2, -0.15) is 0 Å². The summed E-state index contributed by atoms with van der Waals surface area (Å²) in [7, 11) is 0. The average molecular weight is 393 g/mol. The van der Waals surface area contributed by atoms with Crippen LogP contribution in [0.15, 0.2) is 42.5 Å². The predicted octanol–water partition coefficient (Wildman–Crippen LogP) is 4.03. The minimum absolute atomic E-state index is 0.0146. The van der Waals surface area contributed by atoms with Crippen LogP contribution >= 0.6 is 23.2 Å². The van der Waals surface area contributed by atoms with Crippen LogP contribution in [-0.2, 0) is 11.3 Å². The highest BCUT2D eigenvalue weighted by Gasteiger charge is 2.21. The molecule has 1 aliphatic rings. The number of hydrogen-bond acceptors (Lipinski definition) is 3. The number of carbonyl (C=O) groups is 1. The Bertz CT molecular complexity index is 757. The van der Waals surface area contributed by atoms with Gasteiger partial charge in [-0.1, -0.05) is 53.0 Å². The summed E-state index contributed by atoms with van der Waals surface area (Å²) in [5.74, 6) is 0.452. The van der Waals surface area contributed by atoms with Crippen LogP contribution in [0.1, 0.15) is 11.1 Å². The van der Waals surface area contributed by atoms with Crippen molar-refractivity contribution < 1.29 is 9.53 Å². The minimum Gasteiger partial charge on any atom is -0.482 e. The molecule has 0 spiro atoms. The quantitative estimate of drug-likeness (QED) is 0.769. The van der Waals surface area contributed by atoms with Crippen molar-refractivity contribution >= 4 is 29.1 Å². The highest BCUT2D eigenvalue weighted by molar-refractivity contribution is 6.35. The zero-order valence-electron chi connectivity index (χ0n) is 14.8. The molecule has 0 N–H and O–H groups in total. The van der Waals surface area contributed by atoms with Crippen molar-refractivity contribution in [3.05, 3.63) is 63.6 Å². The Balaban J connectivity index is 1.45. The summed E-state index contributed by atoms with van der Waals surface area (Å²) in [5, 5.41) is 0.951. The number of piperazine rings is 1. The summed E-state index contributed by atoms with van der Waals surface area (Å²) in [6.07, 6.45) is 0. The molecule has 0 aromatic heterocycles. The Morgan fingerprint density at radius 2 is 1.73 bits per heavy atom. The lowest BCUT2D eigenvalue weighted by Gasteiger charge is -2.34. The first-order chi connectivity index (χ1) is 12.5. The van der Waals surface area contributed by atoms with E-state index in [0.717, 1.165) is 19.6 Å². The molecule has 4 nitrogen and oxygen atoms in total. The number of carbonyl (C=O) groups excluding carboxylic acids is 1. The lowest BCUT2D eigenvalue weighted by atomic mass is 10.1. The van der Waals surface area contributed by atoms with Gasteiger partial charge in [0.25, 0.3) is 5.91 Å². The van der Waals surface area contributed by atoms with Crippen molar-refractivity contribution in [3.8, 4) is 5.75 Å². The zero-order chi connectivity index (χ0) is 18.5. The number of aryl methyl sites for hydroxylation is 1. The lowest BCUT2D eigenvalue weighted by molar-refractivity contribution is -0.135. The topological polar surface area (TPSA) is 32.8 Å². The molecule has 26 heavy (non-hydrogen) atoms. The number of ether oxygens (including phenoxy) is 1. The van der Waals surface area contributed by atoms with E-state index in [0.29, 0.717) is 28.9 Å². The summed E-state index contributed by atoms with van der Waals surface area (Å²) in [4.78, 5) is 16.6. The second kappa shape index (κ2) is 8.76. The number of benzene rings is 2. The van der Waals surface area contributed by atoms with Crippen molar-refractivity contribution in [2.24, 2.45) is 0 Å². The second-order valence-electron chi connectivity index (χ2n) is 6.51. The fraction of sp³-hybridized carbons (Fsp3) is 0.350. The number of halogens is 2. The van der Waals surface area contributed by atoms with Gasteiger partial charge >= 0.3 is 0 Å². The third kappa shape index (κ3) is 5.13. The molecule has 0 aliphatic carbocycles. The van der Waals surface area contributed by atoms with Gasteiger partial charge in [-0.05, 0) is 30.7 Å². The summed E-state index contributed by atoms with van der Waals surface area (Å²) in [6, 6.07) is 13.6. The van der Waals surface area contributed by atoms with Crippen LogP contribution in [0.5, 0.6) is 5.75 Å². The molecule has 0 atom stereocenters. The summed E-state index contributed by atoms with van der Waals surface area (Å²) in [6.45, 7) is 6.14. The van der Waals surface area contributed by atoms with E-state index < -0.39 is 0 Å². The molecule has 3 rings (SSSR count). The van der Waals surface area contributed by atoms with Gasteiger partial charge in [0.1, 0.15) is 5.75 Å². The third-order valence-electron chi connectivity index (χ3n) is 4.50. The summed E-state index contributed by atoms with van der Waals surface area (Å²) in [5.41, 5.74) is 2.57. The van der Waals surface area contributed by atoms with E-state index in [4.69, 9.17) is 27.9 Å². The van der Waals surface area contributed by atoms with E-state index in [2.05, 4.69) is 36.1 Å². The molecular weight excluding hydrogens is 371 g/mol. The largest absolute Gasteiger partial charge is 0.482 e. The third-order valence-corrected chi connectivity index (χ3v) is 5.03. The monoisotopic (exact) mass is 392 g/mol. The first-order valence-electron chi connectivity index (χ1n) is 8.65. The van der Waals surface area contributed by atoms with Gasteiger partial charge in [0.15, 0.2) is 6.61 Å². The fourth-order valence-electron chi connectivity index (χ4n) is 2.93. The minimum atomic E-state index is -0.0222. The van der Waals surface area contributed by atoms with Gasteiger partial charge < -0.3 is 9.64 Å². The molecule has 138 valence electrons. The van der Waals surface area contributed by atoms with Crippen molar-refractivity contribution in [2.45, 2.75) is 13.5 Å². The van der Waals surface area contributed by atoms with E-state index in [-0.39, 0.29) is 12.5 Å². The van der Waals surface area contributed by atoms with Crippen molar-refractivity contribution in [2.75, 3.05) is 32.8 Å². The Morgan fingerprint density at radius 3 is 2.38 bits per heavy atom. The van der Waals surface area contributed by atoms with Gasteiger partial charge in [0, 0.05) is 37.7 Å². The predicted molar refractivity (Wildman–Crippen MR) is 105 cm³/mol. The van der Waals surface area contributed by atoms with Crippen LogP contribution in [0.2, 0.25) is 10.0 Å². The number of nitrogens with zero attached hydrogens (tertiary/aromatic N) is 2. The Hall–Kier alpha value is -1.75. The van der Waals surface area contributed by atoms with Gasteiger partial charge in [-0.15, -0.1) is 0 Å². The molecule has 0 radical (unpaired) electrons. The van der Waals surface area contributed by atoms with E-state index in [1.54, 1.807) is 18.2 Å². The highest BCUT2D eigenvalue weighted by atomic mass is 35.5. The van der Waals surface area contributed by atoms with Crippen LogP contribution in [0.3, 0.4) is 0 Å². The van der Waals surface area contributed by atoms with Crippen molar-refractivity contribution in [1.82, 2.24) is 9.80 Å². The summed E-state index contributed by atoms with van der Waals surface area (Å²) < 4.78 is 5.55. The van der Waals surface area contributed by atoms with Gasteiger partial charge in [-0.3, -0.25) is 9.69 Å². The highest BCUT2D eigenvalue weighted by Crippen LogP contribution is 2.27. The van der Waals surface area contributed by atoms with E-state index in [1.807, 2.05) is 4.90 Å². The smallest absolute Gasteiger partial charge is 0.260 e. The van der Waals surface area contributed by atoms with E-state index in [9.17, 15) is 4.79 Å². The zero-order valence-corrected chi connectivity index (χ0v) is 16.3. The van der Waals surface area contributed by atoms with Crippen LogP contribution in [0.4, 0.5) is 0 Å². The van der Waals surface area contributed by atoms with Crippen molar-refractivity contribution in [3.63, 3.8) is 0 Å². The molecule has 1 aliphatic heterocycles. The van der Waals surface area contributed by atoms with Crippen LogP contribution in [-0.4, -0.2) is 48.5 Å². The maximum atomic E-state index is 12.4. The van der Waals surface area contributed by atoms with Gasteiger partial charge in [0.05, 0.1) is 5.02 Å². The molecule has 0 bridgehead atoms. The second-order valence-corrected chi connectivity index (χ2v) is 7.35. The molecule has 2 aromatic rings. The molecule has 1 fully saturated rings. The van der Waals surface area contributed by atoms with Crippen LogP contribution in [0.25, 0.3) is 0 Å². The molecule has 1 amide bonds. The normalized spacial score (nSPS) is 15.1. The first-order valence-corrected chi connectivity index (χ1v) is 9.40.